The van der Waals surface area contributed by atoms with Crippen molar-refractivity contribution in [3.05, 3.63) is 54.0 Å². The van der Waals surface area contributed by atoms with Gasteiger partial charge in [-0.05, 0) is 30.7 Å². The molecule has 1 aromatic carbocycles. The summed E-state index contributed by atoms with van der Waals surface area (Å²) in [6.07, 6.45) is 1.45. The van der Waals surface area contributed by atoms with Crippen LogP contribution in [0.2, 0.25) is 0 Å². The number of nitrogens with zero attached hydrogens (tertiary/aromatic N) is 2. The molecule has 0 radical (unpaired) electrons. The number of carbonyl (C=O) groups is 2. The predicted molar refractivity (Wildman–Crippen MR) is 86.7 cm³/mol. The summed E-state index contributed by atoms with van der Waals surface area (Å²) in [5.41, 5.74) is 1.47. The molecule has 25 heavy (non-hydrogen) atoms. The van der Waals surface area contributed by atoms with Crippen molar-refractivity contribution < 1.29 is 23.8 Å². The first kappa shape index (κ1) is 16.8. The molecule has 0 fully saturated rings. The van der Waals surface area contributed by atoms with Gasteiger partial charge in [0.2, 0.25) is 5.91 Å². The fraction of sp³-hybridized carbons (Fsp3) is 0.278. The monoisotopic (exact) mass is 341 g/mol. The lowest BCUT2D eigenvalue weighted by Gasteiger charge is -2.19. The Labute approximate surface area is 144 Å². The van der Waals surface area contributed by atoms with Crippen LogP contribution < -0.4 is 9.84 Å². The number of methoxy groups -OCH3 is 1. The first-order valence-corrected chi connectivity index (χ1v) is 7.86. The summed E-state index contributed by atoms with van der Waals surface area (Å²) in [6, 6.07) is 10.5. The van der Waals surface area contributed by atoms with Crippen LogP contribution in [0.4, 0.5) is 0 Å². The van der Waals surface area contributed by atoms with Crippen LogP contribution in [0, 0.1) is 0 Å². The van der Waals surface area contributed by atoms with E-state index in [-0.39, 0.29) is 12.8 Å². The van der Waals surface area contributed by atoms with Crippen LogP contribution in [0.25, 0.3) is 0 Å². The topological polar surface area (TPSA) is 95.2 Å². The van der Waals surface area contributed by atoms with E-state index in [0.717, 1.165) is 5.56 Å². The van der Waals surface area contributed by atoms with Crippen molar-refractivity contribution in [2.45, 2.75) is 25.3 Å². The Morgan fingerprint density at radius 2 is 2.08 bits per heavy atom. The zero-order valence-electron chi connectivity index (χ0n) is 13.7. The maximum absolute atomic E-state index is 12.4. The van der Waals surface area contributed by atoms with Crippen LogP contribution in [-0.2, 0) is 9.59 Å². The van der Waals surface area contributed by atoms with E-state index in [9.17, 15) is 14.7 Å². The summed E-state index contributed by atoms with van der Waals surface area (Å²) >= 11 is 0. The van der Waals surface area contributed by atoms with Gasteiger partial charge in [0.1, 0.15) is 17.6 Å². The third-order valence-corrected chi connectivity index (χ3v) is 4.00. The van der Waals surface area contributed by atoms with E-state index in [1.54, 1.807) is 19.2 Å². The van der Waals surface area contributed by atoms with E-state index in [1.807, 2.05) is 24.3 Å². The van der Waals surface area contributed by atoms with E-state index in [4.69, 9.17) is 9.15 Å². The van der Waals surface area contributed by atoms with Crippen molar-refractivity contribution in [2.75, 3.05) is 7.11 Å². The normalized spacial score (nSPS) is 16.6. The summed E-state index contributed by atoms with van der Waals surface area (Å²) in [6.45, 7) is 0. The van der Waals surface area contributed by atoms with E-state index in [1.165, 1.54) is 11.3 Å². The third-order valence-electron chi connectivity index (χ3n) is 4.00. The Morgan fingerprint density at radius 3 is 2.76 bits per heavy atom. The van der Waals surface area contributed by atoms with Crippen LogP contribution in [0.1, 0.15) is 36.6 Å². The van der Waals surface area contributed by atoms with Crippen LogP contribution >= 0.6 is 0 Å². The molecule has 0 unspecified atom stereocenters. The molecule has 7 heteroatoms. The number of furan rings is 1. The minimum atomic E-state index is -1.27. The van der Waals surface area contributed by atoms with E-state index in [0.29, 0.717) is 23.6 Å². The second-order valence-corrected chi connectivity index (χ2v) is 5.59. The number of hydrazone groups is 1. The average Bonchev–Trinajstić information content (AvgIpc) is 3.28. The van der Waals surface area contributed by atoms with E-state index in [2.05, 4.69) is 5.10 Å². The van der Waals surface area contributed by atoms with E-state index >= 15 is 0 Å². The van der Waals surface area contributed by atoms with Gasteiger partial charge in [-0.15, -0.1) is 0 Å². The molecule has 2 aromatic rings. The molecule has 1 aliphatic rings. The molecule has 7 nitrogen and oxygen atoms in total. The number of ether oxygens (including phenoxy) is 1. The number of aliphatic carboxylic acids is 1. The average molecular weight is 341 g/mol. The van der Waals surface area contributed by atoms with Crippen LogP contribution in [0.5, 0.6) is 5.75 Å². The molecular weight excluding hydrogens is 324 g/mol. The van der Waals surface area contributed by atoms with Gasteiger partial charge in [0.25, 0.3) is 0 Å². The van der Waals surface area contributed by atoms with Crippen molar-refractivity contribution in [1.82, 2.24) is 5.01 Å². The fourth-order valence-corrected chi connectivity index (χ4v) is 2.81. The standard InChI is InChI=1S/C18H18N2O5/c1-24-15-6-3-2-5-12(15)13-11-14(16-7-4-10-25-16)20(19-13)17(21)8-9-18(22)23/h2-7,10,14H,8-9,11H2,1H3,(H,22,23)/p-1/t14-/m1/s1. The van der Waals surface area contributed by atoms with Crippen LogP contribution in [-0.4, -0.2) is 29.7 Å². The number of hydrogen-bond acceptors (Lipinski definition) is 6. The van der Waals surface area contributed by atoms with Crippen molar-refractivity contribution in [1.29, 1.82) is 0 Å². The van der Waals surface area contributed by atoms with Crippen molar-refractivity contribution in [3.8, 4) is 5.75 Å². The molecule has 0 saturated carbocycles. The van der Waals surface area contributed by atoms with Gasteiger partial charge in [-0.3, -0.25) is 4.79 Å². The van der Waals surface area contributed by atoms with Crippen molar-refractivity contribution in [3.63, 3.8) is 0 Å². The van der Waals surface area contributed by atoms with Crippen molar-refractivity contribution >= 4 is 17.6 Å². The largest absolute Gasteiger partial charge is 0.550 e. The zero-order valence-corrected chi connectivity index (χ0v) is 13.7. The first-order valence-electron chi connectivity index (χ1n) is 7.86. The predicted octanol–water partition coefficient (Wildman–Crippen LogP) is 1.50. The second kappa shape index (κ2) is 7.21. The first-order chi connectivity index (χ1) is 12.1. The Hall–Kier alpha value is -3.09. The highest BCUT2D eigenvalue weighted by molar-refractivity contribution is 6.05. The summed E-state index contributed by atoms with van der Waals surface area (Å²) in [5, 5.41) is 16.4. The zero-order chi connectivity index (χ0) is 17.8. The molecule has 0 saturated heterocycles. The molecule has 1 amide bonds. The number of carbonyl (C=O) groups excluding carboxylic acids is 2. The maximum Gasteiger partial charge on any atom is 0.243 e. The highest BCUT2D eigenvalue weighted by Crippen LogP contribution is 2.35. The molecule has 130 valence electrons. The second-order valence-electron chi connectivity index (χ2n) is 5.59. The lowest BCUT2D eigenvalue weighted by Crippen LogP contribution is -2.29. The minimum Gasteiger partial charge on any atom is -0.550 e. The SMILES string of the molecule is COc1ccccc1C1=NN(C(=O)CCC(=O)[O-])[C@@H](c2ccco2)C1. The quantitative estimate of drug-likeness (QED) is 0.793. The lowest BCUT2D eigenvalue weighted by molar-refractivity contribution is -0.305. The Bertz CT molecular complexity index is 798. The summed E-state index contributed by atoms with van der Waals surface area (Å²) in [5.74, 6) is -0.412. The number of para-hydroxylation sites is 1. The Morgan fingerprint density at radius 1 is 1.28 bits per heavy atom. The Kier molecular flexibility index (Phi) is 4.83. The molecule has 0 spiro atoms. The highest BCUT2D eigenvalue weighted by atomic mass is 16.5. The fourth-order valence-electron chi connectivity index (χ4n) is 2.81. The molecule has 2 heterocycles. The number of carboxylic acids is 1. The van der Waals surface area contributed by atoms with Gasteiger partial charge in [0, 0.05) is 24.4 Å². The highest BCUT2D eigenvalue weighted by Gasteiger charge is 2.35. The minimum absolute atomic E-state index is 0.178. The van der Waals surface area contributed by atoms with Gasteiger partial charge in [0.05, 0.1) is 19.1 Å². The third kappa shape index (κ3) is 3.55. The molecule has 3 rings (SSSR count). The number of carboxylic acid groups (broad SMARTS) is 1. The maximum atomic E-state index is 12.4. The smallest absolute Gasteiger partial charge is 0.243 e. The summed E-state index contributed by atoms with van der Waals surface area (Å²) in [7, 11) is 1.57. The molecule has 0 N–H and O–H groups in total. The number of amides is 1. The van der Waals surface area contributed by atoms with Gasteiger partial charge >= 0.3 is 0 Å². The van der Waals surface area contributed by atoms with Crippen molar-refractivity contribution in [2.24, 2.45) is 5.10 Å². The molecule has 0 aliphatic carbocycles. The molecular formula is C18H17N2O5-. The van der Waals surface area contributed by atoms with Gasteiger partial charge in [-0.25, -0.2) is 5.01 Å². The molecule has 0 bridgehead atoms. The van der Waals surface area contributed by atoms with Gasteiger partial charge in [-0.2, -0.15) is 5.10 Å². The summed E-state index contributed by atoms with van der Waals surface area (Å²) < 4.78 is 10.8. The summed E-state index contributed by atoms with van der Waals surface area (Å²) in [4.78, 5) is 23.1. The number of rotatable bonds is 6. The van der Waals surface area contributed by atoms with Gasteiger partial charge in [-0.1, -0.05) is 12.1 Å². The Balaban J connectivity index is 1.91. The number of hydrogen-bond donors (Lipinski definition) is 0. The van der Waals surface area contributed by atoms with Gasteiger partial charge < -0.3 is 19.1 Å². The number of benzene rings is 1. The van der Waals surface area contributed by atoms with E-state index < -0.39 is 17.9 Å². The lowest BCUT2D eigenvalue weighted by atomic mass is 10.0. The molecule has 1 atom stereocenters. The molecule has 1 aromatic heterocycles. The van der Waals surface area contributed by atoms with Crippen LogP contribution in [0.3, 0.4) is 0 Å². The molecule has 1 aliphatic heterocycles. The van der Waals surface area contributed by atoms with Gasteiger partial charge in [0.15, 0.2) is 0 Å². The van der Waals surface area contributed by atoms with Crippen LogP contribution in [0.15, 0.2) is 52.2 Å².